The summed E-state index contributed by atoms with van der Waals surface area (Å²) in [7, 11) is 0. The lowest BCUT2D eigenvalue weighted by atomic mass is 10.0. The molecular formula is C27H33N9O2. The van der Waals surface area contributed by atoms with Gasteiger partial charge < -0.3 is 16.4 Å². The van der Waals surface area contributed by atoms with E-state index in [0.717, 1.165) is 50.0 Å². The number of hydrogen-bond acceptors (Lipinski definition) is 8. The van der Waals surface area contributed by atoms with E-state index in [1.165, 1.54) is 12.4 Å². The Morgan fingerprint density at radius 1 is 1.08 bits per heavy atom. The van der Waals surface area contributed by atoms with Gasteiger partial charge in [-0.1, -0.05) is 0 Å². The van der Waals surface area contributed by atoms with Crippen LogP contribution in [0.4, 0.5) is 11.4 Å². The van der Waals surface area contributed by atoms with Crippen LogP contribution < -0.4 is 16.4 Å². The number of nitrogens with two attached hydrogens (primary N) is 1. The zero-order valence-electron chi connectivity index (χ0n) is 22.0. The SMILES string of the molecule is Cc1ncc(NC(=O)CN2CCCC2(C)C)cc1NC(=O)/C(=C/N)c1cnc(-c2cnn3c2CCC3)cn1. The van der Waals surface area contributed by atoms with Crippen molar-refractivity contribution in [2.45, 2.75) is 58.5 Å². The molecule has 198 valence electrons. The van der Waals surface area contributed by atoms with Crippen LogP contribution in [0.25, 0.3) is 16.8 Å². The summed E-state index contributed by atoms with van der Waals surface area (Å²) in [4.78, 5) is 41.3. The van der Waals surface area contributed by atoms with Crippen molar-refractivity contribution >= 4 is 28.8 Å². The standard InChI is InChI=1S/C27H33N9O2/c1-17-21(10-18(12-29-17)33-25(37)16-35-8-5-7-27(35,2)3)34-26(38)19(11-28)22-14-31-23(15-30-22)20-13-32-36-9-4-6-24(20)36/h10-15H,4-9,16,28H2,1-3H3,(H,33,37)(H,34,38)/b19-11+. The molecule has 2 aliphatic heterocycles. The second-order valence-electron chi connectivity index (χ2n) is 10.4. The van der Waals surface area contributed by atoms with Gasteiger partial charge in [0.05, 0.1) is 65.4 Å². The third kappa shape index (κ3) is 5.14. The molecule has 11 nitrogen and oxygen atoms in total. The van der Waals surface area contributed by atoms with Gasteiger partial charge in [0.2, 0.25) is 5.91 Å². The zero-order chi connectivity index (χ0) is 26.9. The number of amides is 2. The van der Waals surface area contributed by atoms with Crippen molar-refractivity contribution in [3.8, 4) is 11.3 Å². The van der Waals surface area contributed by atoms with Crippen LogP contribution in [0.2, 0.25) is 0 Å². The first kappa shape index (κ1) is 25.5. The summed E-state index contributed by atoms with van der Waals surface area (Å²) in [6, 6.07) is 1.69. The minimum Gasteiger partial charge on any atom is -0.404 e. The van der Waals surface area contributed by atoms with E-state index in [2.05, 4.69) is 49.4 Å². The van der Waals surface area contributed by atoms with Gasteiger partial charge in [-0.05, 0) is 59.1 Å². The summed E-state index contributed by atoms with van der Waals surface area (Å²) < 4.78 is 1.99. The van der Waals surface area contributed by atoms with Crippen molar-refractivity contribution in [2.24, 2.45) is 5.73 Å². The van der Waals surface area contributed by atoms with Crippen LogP contribution in [-0.2, 0) is 22.6 Å². The monoisotopic (exact) mass is 515 g/mol. The number of pyridine rings is 1. The molecule has 0 unspecified atom stereocenters. The summed E-state index contributed by atoms with van der Waals surface area (Å²) in [5.41, 5.74) is 10.7. The van der Waals surface area contributed by atoms with E-state index in [1.807, 2.05) is 4.68 Å². The maximum Gasteiger partial charge on any atom is 0.259 e. The van der Waals surface area contributed by atoms with Crippen molar-refractivity contribution in [3.63, 3.8) is 0 Å². The molecule has 38 heavy (non-hydrogen) atoms. The predicted octanol–water partition coefficient (Wildman–Crippen LogP) is 2.74. The van der Waals surface area contributed by atoms with Crippen molar-refractivity contribution in [1.82, 2.24) is 29.6 Å². The average Bonchev–Trinajstić information content (AvgIpc) is 3.59. The van der Waals surface area contributed by atoms with Crippen molar-refractivity contribution in [3.05, 3.63) is 54.1 Å². The Morgan fingerprint density at radius 3 is 2.63 bits per heavy atom. The first-order valence-electron chi connectivity index (χ1n) is 12.9. The highest BCUT2D eigenvalue weighted by Crippen LogP contribution is 2.29. The number of carbonyl (C=O) groups excluding carboxylic acids is 2. The zero-order valence-corrected chi connectivity index (χ0v) is 22.0. The Balaban J connectivity index is 1.26. The van der Waals surface area contributed by atoms with E-state index in [0.29, 0.717) is 35.0 Å². The van der Waals surface area contributed by atoms with Crippen LogP contribution in [0.15, 0.2) is 37.1 Å². The van der Waals surface area contributed by atoms with Crippen LogP contribution in [0.5, 0.6) is 0 Å². The molecule has 4 N–H and O–H groups in total. The highest BCUT2D eigenvalue weighted by molar-refractivity contribution is 6.24. The van der Waals surface area contributed by atoms with Gasteiger partial charge >= 0.3 is 0 Å². The number of rotatable bonds is 7. The molecule has 0 bridgehead atoms. The van der Waals surface area contributed by atoms with Gasteiger partial charge in [0.25, 0.3) is 5.91 Å². The number of nitrogens with one attached hydrogen (secondary N) is 2. The van der Waals surface area contributed by atoms with Crippen molar-refractivity contribution in [2.75, 3.05) is 23.7 Å². The lowest BCUT2D eigenvalue weighted by Gasteiger charge is -2.30. The number of fused-ring (bicyclic) bond motifs is 1. The summed E-state index contributed by atoms with van der Waals surface area (Å²) in [6.07, 6.45) is 11.9. The Morgan fingerprint density at radius 2 is 1.92 bits per heavy atom. The van der Waals surface area contributed by atoms with Crippen molar-refractivity contribution < 1.29 is 9.59 Å². The quantitative estimate of drug-likeness (QED) is 0.408. The fourth-order valence-electron chi connectivity index (χ4n) is 5.11. The number of nitrogens with zero attached hydrogens (tertiary/aromatic N) is 6. The van der Waals surface area contributed by atoms with Crippen LogP contribution >= 0.6 is 0 Å². The summed E-state index contributed by atoms with van der Waals surface area (Å²) >= 11 is 0. The van der Waals surface area contributed by atoms with Gasteiger partial charge in [0.1, 0.15) is 0 Å². The Kier molecular flexibility index (Phi) is 6.94. The Labute approximate surface area is 221 Å². The molecule has 3 aromatic heterocycles. The van der Waals surface area contributed by atoms with E-state index < -0.39 is 5.91 Å². The number of aryl methyl sites for hydroxylation is 2. The van der Waals surface area contributed by atoms with E-state index in [4.69, 9.17) is 5.73 Å². The molecule has 11 heteroatoms. The van der Waals surface area contributed by atoms with Gasteiger partial charge in [-0.15, -0.1) is 0 Å². The van der Waals surface area contributed by atoms with Crippen LogP contribution in [-0.4, -0.2) is 60.1 Å². The van der Waals surface area contributed by atoms with Gasteiger partial charge in [0.15, 0.2) is 0 Å². The van der Waals surface area contributed by atoms with Crippen molar-refractivity contribution in [1.29, 1.82) is 0 Å². The second-order valence-corrected chi connectivity index (χ2v) is 10.4. The summed E-state index contributed by atoms with van der Waals surface area (Å²) in [5.74, 6) is -0.571. The lowest BCUT2D eigenvalue weighted by molar-refractivity contribution is -0.118. The number of hydrogen-bond donors (Lipinski definition) is 3. The molecule has 0 radical (unpaired) electrons. The minimum absolute atomic E-state index is 0.00707. The first-order chi connectivity index (χ1) is 18.2. The molecule has 3 aromatic rings. The molecular weight excluding hydrogens is 482 g/mol. The van der Waals surface area contributed by atoms with Gasteiger partial charge in [-0.25, -0.2) is 0 Å². The van der Waals surface area contributed by atoms with E-state index in [-0.39, 0.29) is 17.0 Å². The fourth-order valence-corrected chi connectivity index (χ4v) is 5.11. The largest absolute Gasteiger partial charge is 0.404 e. The number of aromatic nitrogens is 5. The molecule has 2 aliphatic rings. The van der Waals surface area contributed by atoms with Gasteiger partial charge in [0, 0.05) is 29.5 Å². The molecule has 5 heterocycles. The fraction of sp³-hybridized carbons (Fsp3) is 0.407. The molecule has 0 aliphatic carbocycles. The highest BCUT2D eigenvalue weighted by atomic mass is 16.2. The topological polar surface area (TPSA) is 144 Å². The van der Waals surface area contributed by atoms with Gasteiger partial charge in [-0.2, -0.15) is 5.10 Å². The van der Waals surface area contributed by atoms with Gasteiger partial charge in [-0.3, -0.25) is 34.1 Å². The average molecular weight is 516 g/mol. The maximum absolute atomic E-state index is 13.1. The molecule has 2 amide bonds. The van der Waals surface area contributed by atoms with Crippen LogP contribution in [0.1, 0.15) is 50.2 Å². The predicted molar refractivity (Wildman–Crippen MR) is 145 cm³/mol. The smallest absolute Gasteiger partial charge is 0.259 e. The summed E-state index contributed by atoms with van der Waals surface area (Å²) in [6.45, 7) is 8.20. The molecule has 0 atom stereocenters. The lowest BCUT2D eigenvalue weighted by Crippen LogP contribution is -2.42. The number of anilines is 2. The highest BCUT2D eigenvalue weighted by Gasteiger charge is 2.33. The molecule has 1 fully saturated rings. The maximum atomic E-state index is 13.1. The molecule has 0 spiro atoms. The number of carbonyl (C=O) groups is 2. The summed E-state index contributed by atoms with van der Waals surface area (Å²) in [5, 5.41) is 10.1. The normalized spacial score (nSPS) is 16.9. The first-order valence-corrected chi connectivity index (χ1v) is 12.9. The van der Waals surface area contributed by atoms with Crippen LogP contribution in [0.3, 0.4) is 0 Å². The molecule has 0 saturated carbocycles. The van der Waals surface area contributed by atoms with E-state index in [9.17, 15) is 9.59 Å². The molecule has 5 rings (SSSR count). The third-order valence-corrected chi connectivity index (χ3v) is 7.37. The minimum atomic E-state index is -0.451. The van der Waals surface area contributed by atoms with Crippen LogP contribution in [0, 0.1) is 6.92 Å². The Bertz CT molecular complexity index is 1390. The second kappa shape index (κ2) is 10.3. The molecule has 0 aromatic carbocycles. The third-order valence-electron chi connectivity index (χ3n) is 7.37. The Hall–Kier alpha value is -4.12. The molecule has 1 saturated heterocycles. The van der Waals surface area contributed by atoms with E-state index in [1.54, 1.807) is 31.6 Å². The number of likely N-dealkylation sites (tertiary alicyclic amines) is 1. The van der Waals surface area contributed by atoms with E-state index >= 15 is 0 Å².